The van der Waals surface area contributed by atoms with Crippen LogP contribution in [0.4, 0.5) is 0 Å². The van der Waals surface area contributed by atoms with Crippen molar-refractivity contribution < 1.29 is 24.5 Å². The Kier molecular flexibility index (Phi) is 9.54. The number of hydrogen-bond acceptors (Lipinski definition) is 4. The van der Waals surface area contributed by atoms with E-state index in [1.807, 2.05) is 54.6 Å². The van der Waals surface area contributed by atoms with Gasteiger partial charge < -0.3 is 19.7 Å². The second kappa shape index (κ2) is 12.6. The number of aliphatic carboxylic acids is 1. The molecule has 0 saturated carbocycles. The molecule has 0 bridgehead atoms. The molecule has 0 aliphatic carbocycles. The Morgan fingerprint density at radius 1 is 0.912 bits per heavy atom. The number of rotatable bonds is 12. The summed E-state index contributed by atoms with van der Waals surface area (Å²) in [5, 5.41) is 20.5. The quantitative estimate of drug-likeness (QED) is 0.302. The molecule has 3 aromatic carbocycles. The second-order valence-corrected chi connectivity index (χ2v) is 9.21. The molecule has 34 heavy (non-hydrogen) atoms. The monoisotopic (exact) mass is 526 g/mol. The summed E-state index contributed by atoms with van der Waals surface area (Å²) in [7, 11) is 3.18. The summed E-state index contributed by atoms with van der Waals surface area (Å²) in [4.78, 5) is 11.0. The van der Waals surface area contributed by atoms with Crippen LogP contribution in [0.15, 0.2) is 71.2 Å². The molecule has 3 aromatic rings. The van der Waals surface area contributed by atoms with Crippen molar-refractivity contribution in [3.05, 3.63) is 93.5 Å². The average molecular weight is 527 g/mol. The van der Waals surface area contributed by atoms with Gasteiger partial charge in [-0.05, 0) is 81.9 Å². The largest absolute Gasteiger partial charge is 0.495 e. The number of ether oxygens (including phenoxy) is 2. The lowest BCUT2D eigenvalue weighted by Gasteiger charge is -2.25. The lowest BCUT2D eigenvalue weighted by Crippen LogP contribution is -2.16. The Bertz CT molecular complexity index is 1040. The number of carbonyl (C=O) groups is 1. The first kappa shape index (κ1) is 25.8. The number of aryl methyl sites for hydroxylation is 1. The Morgan fingerprint density at radius 3 is 2.06 bits per heavy atom. The highest BCUT2D eigenvalue weighted by Crippen LogP contribution is 2.40. The zero-order valence-electron chi connectivity index (χ0n) is 19.5. The van der Waals surface area contributed by atoms with Gasteiger partial charge in [-0.1, -0.05) is 54.6 Å². The van der Waals surface area contributed by atoms with Crippen molar-refractivity contribution in [2.24, 2.45) is 5.92 Å². The summed E-state index contributed by atoms with van der Waals surface area (Å²) in [6, 6.07) is 21.6. The predicted octanol–water partition coefficient (Wildman–Crippen LogP) is 6.01. The van der Waals surface area contributed by atoms with E-state index in [0.29, 0.717) is 22.4 Å². The van der Waals surface area contributed by atoms with E-state index >= 15 is 0 Å². The maximum atomic E-state index is 11.4. The number of hydrogen-bond donors (Lipinski definition) is 2. The van der Waals surface area contributed by atoms with Crippen molar-refractivity contribution in [1.82, 2.24) is 0 Å². The Morgan fingerprint density at radius 2 is 1.50 bits per heavy atom. The minimum atomic E-state index is -0.847. The molecular formula is C28H31BrO5. The smallest absolute Gasteiger partial charge is 0.307 e. The molecular weight excluding hydrogens is 496 g/mol. The number of carboxylic acid groups (broad SMARTS) is 1. The summed E-state index contributed by atoms with van der Waals surface area (Å²) < 4.78 is 11.7. The van der Waals surface area contributed by atoms with E-state index < -0.39 is 12.1 Å². The third-order valence-electron chi connectivity index (χ3n) is 6.02. The first-order valence-corrected chi connectivity index (χ1v) is 12.1. The summed E-state index contributed by atoms with van der Waals surface area (Å²) in [6.07, 6.45) is 2.66. The molecule has 0 amide bonds. The van der Waals surface area contributed by atoms with Gasteiger partial charge in [0, 0.05) is 0 Å². The van der Waals surface area contributed by atoms with Crippen molar-refractivity contribution in [3.8, 4) is 11.5 Å². The number of methoxy groups -OCH3 is 2. The Labute approximate surface area is 209 Å². The highest BCUT2D eigenvalue weighted by atomic mass is 79.9. The Hall–Kier alpha value is -2.83. The normalized spacial score (nSPS) is 12.7. The Balaban J connectivity index is 1.82. The second-order valence-electron chi connectivity index (χ2n) is 8.41. The molecule has 5 nitrogen and oxygen atoms in total. The number of halogens is 1. The maximum absolute atomic E-state index is 11.4. The first-order valence-electron chi connectivity index (χ1n) is 11.3. The number of aliphatic hydroxyl groups excluding tert-OH is 1. The van der Waals surface area contributed by atoms with Crippen LogP contribution in [0.3, 0.4) is 0 Å². The van der Waals surface area contributed by atoms with Crippen molar-refractivity contribution in [3.63, 3.8) is 0 Å². The zero-order chi connectivity index (χ0) is 24.5. The number of carboxylic acids is 1. The minimum Gasteiger partial charge on any atom is -0.495 e. The highest BCUT2D eigenvalue weighted by Gasteiger charge is 2.24. The van der Waals surface area contributed by atoms with E-state index in [1.54, 1.807) is 14.2 Å². The van der Waals surface area contributed by atoms with Crippen LogP contribution in [0, 0.1) is 5.92 Å². The fourth-order valence-corrected chi connectivity index (χ4v) is 4.74. The van der Waals surface area contributed by atoms with Gasteiger partial charge in [-0.25, -0.2) is 0 Å². The van der Waals surface area contributed by atoms with Gasteiger partial charge in [0.2, 0.25) is 0 Å². The van der Waals surface area contributed by atoms with Crippen molar-refractivity contribution in [2.75, 3.05) is 14.2 Å². The fraction of sp³-hybridized carbons (Fsp3) is 0.321. The first-order chi connectivity index (χ1) is 16.4. The molecule has 0 aromatic heterocycles. The molecule has 0 saturated heterocycles. The average Bonchev–Trinajstić information content (AvgIpc) is 2.84. The van der Waals surface area contributed by atoms with E-state index in [-0.39, 0.29) is 12.3 Å². The van der Waals surface area contributed by atoms with Crippen molar-refractivity contribution >= 4 is 21.9 Å². The van der Waals surface area contributed by atoms with Crippen molar-refractivity contribution in [2.45, 2.75) is 38.2 Å². The summed E-state index contributed by atoms with van der Waals surface area (Å²) in [5.74, 6) is 0.327. The van der Waals surface area contributed by atoms with E-state index in [0.717, 1.165) is 36.0 Å². The van der Waals surface area contributed by atoms with Gasteiger partial charge in [-0.3, -0.25) is 4.79 Å². The van der Waals surface area contributed by atoms with Crippen LogP contribution in [0.2, 0.25) is 0 Å². The molecule has 0 aliphatic heterocycles. The molecule has 0 aliphatic rings. The van der Waals surface area contributed by atoms with Crippen LogP contribution in [-0.4, -0.2) is 30.4 Å². The van der Waals surface area contributed by atoms with Gasteiger partial charge in [0.1, 0.15) is 16.0 Å². The standard InChI is InChI=1S/C28H31BrO5/c1-33-24-17-23(18-25(34-2)27(24)29)28(32)22(10-6-9-19-7-4-3-5-8-19)15-20-11-13-21(14-12-20)16-26(30)31/h3-5,7-8,11-14,17-18,22,28,32H,6,9-10,15-16H2,1-2H3,(H,30,31). The fourth-order valence-electron chi connectivity index (χ4n) is 4.19. The van der Waals surface area contributed by atoms with E-state index in [1.165, 1.54) is 5.56 Å². The molecule has 0 fully saturated rings. The lowest BCUT2D eigenvalue weighted by molar-refractivity contribution is -0.136. The van der Waals surface area contributed by atoms with Crippen LogP contribution in [-0.2, 0) is 24.1 Å². The topological polar surface area (TPSA) is 76.0 Å². The molecule has 2 unspecified atom stereocenters. The SMILES string of the molecule is COc1cc(C(O)C(CCCc2ccccc2)Cc2ccc(CC(=O)O)cc2)cc(OC)c1Br. The van der Waals surface area contributed by atoms with E-state index in [2.05, 4.69) is 28.1 Å². The zero-order valence-corrected chi connectivity index (χ0v) is 21.1. The summed E-state index contributed by atoms with van der Waals surface area (Å²) in [6.45, 7) is 0. The van der Waals surface area contributed by atoms with Gasteiger partial charge in [-0.15, -0.1) is 0 Å². The van der Waals surface area contributed by atoms with Crippen LogP contribution < -0.4 is 9.47 Å². The van der Waals surface area contributed by atoms with Crippen LogP contribution >= 0.6 is 15.9 Å². The molecule has 0 spiro atoms. The minimum absolute atomic E-state index is 0.00188. The number of aliphatic hydroxyl groups is 1. The summed E-state index contributed by atoms with van der Waals surface area (Å²) in [5.41, 5.74) is 3.85. The van der Waals surface area contributed by atoms with Gasteiger partial charge in [0.05, 0.1) is 26.7 Å². The third-order valence-corrected chi connectivity index (χ3v) is 6.80. The third kappa shape index (κ3) is 7.08. The summed E-state index contributed by atoms with van der Waals surface area (Å²) >= 11 is 3.49. The van der Waals surface area contributed by atoms with Gasteiger partial charge in [0.25, 0.3) is 0 Å². The van der Waals surface area contributed by atoms with Crippen molar-refractivity contribution in [1.29, 1.82) is 0 Å². The molecule has 180 valence electrons. The molecule has 0 radical (unpaired) electrons. The van der Waals surface area contributed by atoms with Gasteiger partial charge in [0.15, 0.2) is 0 Å². The lowest BCUT2D eigenvalue weighted by atomic mass is 9.85. The molecule has 0 heterocycles. The van der Waals surface area contributed by atoms with Gasteiger partial charge in [-0.2, -0.15) is 0 Å². The van der Waals surface area contributed by atoms with E-state index in [4.69, 9.17) is 14.6 Å². The van der Waals surface area contributed by atoms with E-state index in [9.17, 15) is 9.90 Å². The molecule has 3 rings (SSSR count). The highest BCUT2D eigenvalue weighted by molar-refractivity contribution is 9.10. The van der Waals surface area contributed by atoms with Crippen LogP contribution in [0.25, 0.3) is 0 Å². The molecule has 2 N–H and O–H groups in total. The molecule has 2 atom stereocenters. The van der Waals surface area contributed by atoms with Gasteiger partial charge >= 0.3 is 5.97 Å². The number of benzene rings is 3. The predicted molar refractivity (Wildman–Crippen MR) is 137 cm³/mol. The van der Waals surface area contributed by atoms with Crippen LogP contribution in [0.1, 0.15) is 41.2 Å². The molecule has 6 heteroatoms. The van der Waals surface area contributed by atoms with Crippen LogP contribution in [0.5, 0.6) is 11.5 Å². The maximum Gasteiger partial charge on any atom is 0.307 e.